The van der Waals surface area contributed by atoms with Crippen LogP contribution in [-0.2, 0) is 9.59 Å². The highest BCUT2D eigenvalue weighted by molar-refractivity contribution is 9.10. The van der Waals surface area contributed by atoms with Gasteiger partial charge in [-0.2, -0.15) is 0 Å². The van der Waals surface area contributed by atoms with Crippen molar-refractivity contribution in [1.82, 2.24) is 10.2 Å². The third kappa shape index (κ3) is 4.89. The summed E-state index contributed by atoms with van der Waals surface area (Å²) in [5, 5.41) is 11.4. The number of carboxylic acid groups (broad SMARTS) is 1. The molecule has 1 rings (SSSR count). The Morgan fingerprint density at radius 1 is 1.38 bits per heavy atom. The highest BCUT2D eigenvalue weighted by Crippen LogP contribution is 2.15. The number of nitrogens with one attached hydrogen (secondary N) is 1. The second-order valence-corrected chi connectivity index (χ2v) is 5.67. The lowest BCUT2D eigenvalue weighted by Gasteiger charge is -2.20. The lowest BCUT2D eigenvalue weighted by atomic mass is 10.0. The molecule has 1 aromatic heterocycles. The Kier molecular flexibility index (Phi) is 5.95. The Morgan fingerprint density at radius 3 is 2.43 bits per heavy atom. The number of carbonyl (C=O) groups excluding carboxylic acids is 2. The van der Waals surface area contributed by atoms with Gasteiger partial charge in [0.2, 0.25) is 5.91 Å². The monoisotopic (exact) mass is 360 g/mol. The quantitative estimate of drug-likeness (QED) is 0.797. The van der Waals surface area contributed by atoms with E-state index in [0.29, 0.717) is 4.67 Å². The second-order valence-electron chi connectivity index (χ2n) is 4.89. The lowest BCUT2D eigenvalue weighted by Crippen LogP contribution is -2.48. The zero-order valence-corrected chi connectivity index (χ0v) is 13.5. The summed E-state index contributed by atoms with van der Waals surface area (Å²) in [6, 6.07) is 2.06. The number of likely N-dealkylation sites (N-methyl/N-ethyl adjacent to an activating group) is 1. The van der Waals surface area contributed by atoms with Crippen LogP contribution < -0.4 is 5.32 Å². The van der Waals surface area contributed by atoms with Gasteiger partial charge in [-0.05, 0) is 34.0 Å². The molecule has 0 aliphatic heterocycles. The molecule has 2 amide bonds. The van der Waals surface area contributed by atoms with Gasteiger partial charge in [0.25, 0.3) is 5.91 Å². The summed E-state index contributed by atoms with van der Waals surface area (Å²) in [4.78, 5) is 35.9. The molecule has 0 aliphatic rings. The summed E-state index contributed by atoms with van der Waals surface area (Å²) in [6.45, 7) is 3.12. The second kappa shape index (κ2) is 7.26. The number of carboxylic acids is 1. The maximum atomic E-state index is 12.0. The average molecular weight is 361 g/mol. The Hall–Kier alpha value is -1.83. The molecule has 21 heavy (non-hydrogen) atoms. The summed E-state index contributed by atoms with van der Waals surface area (Å²) in [5.74, 6) is -2.28. The lowest BCUT2D eigenvalue weighted by molar-refractivity contribution is -0.143. The Bertz CT molecular complexity index is 540. The van der Waals surface area contributed by atoms with Crippen LogP contribution in [0.4, 0.5) is 0 Å². The van der Waals surface area contributed by atoms with E-state index in [-0.39, 0.29) is 18.2 Å². The first-order chi connectivity index (χ1) is 9.72. The predicted octanol–water partition coefficient (Wildman–Crippen LogP) is 1.34. The molecule has 1 aromatic rings. The smallest absolute Gasteiger partial charge is 0.326 e. The highest BCUT2D eigenvalue weighted by atomic mass is 79.9. The normalized spacial score (nSPS) is 12.0. The molecule has 1 heterocycles. The van der Waals surface area contributed by atoms with Gasteiger partial charge in [0.1, 0.15) is 6.04 Å². The van der Waals surface area contributed by atoms with E-state index >= 15 is 0 Å². The summed E-state index contributed by atoms with van der Waals surface area (Å²) in [5.41, 5.74) is 0. The van der Waals surface area contributed by atoms with Crippen molar-refractivity contribution in [2.75, 3.05) is 13.6 Å². The molecule has 8 heteroatoms. The molecule has 7 nitrogen and oxygen atoms in total. The molecular weight excluding hydrogens is 344 g/mol. The number of hydrogen-bond acceptors (Lipinski definition) is 4. The minimum Gasteiger partial charge on any atom is -0.480 e. The molecule has 1 atom stereocenters. The molecule has 1 unspecified atom stereocenters. The molecular formula is C13H17BrN2O5. The van der Waals surface area contributed by atoms with Crippen molar-refractivity contribution in [3.05, 3.63) is 22.6 Å². The van der Waals surface area contributed by atoms with Crippen LogP contribution in [0.1, 0.15) is 24.4 Å². The van der Waals surface area contributed by atoms with E-state index in [0.717, 1.165) is 4.90 Å². The Balaban J connectivity index is 2.61. The van der Waals surface area contributed by atoms with Crippen LogP contribution in [0.2, 0.25) is 0 Å². The molecule has 0 fully saturated rings. The highest BCUT2D eigenvalue weighted by Gasteiger charge is 2.25. The van der Waals surface area contributed by atoms with Gasteiger partial charge in [0.15, 0.2) is 10.4 Å². The van der Waals surface area contributed by atoms with Crippen LogP contribution in [0.3, 0.4) is 0 Å². The van der Waals surface area contributed by atoms with Gasteiger partial charge in [-0.3, -0.25) is 9.59 Å². The van der Waals surface area contributed by atoms with Crippen LogP contribution >= 0.6 is 15.9 Å². The van der Waals surface area contributed by atoms with E-state index < -0.39 is 23.8 Å². The van der Waals surface area contributed by atoms with Crippen LogP contribution in [0, 0.1) is 5.92 Å². The first kappa shape index (κ1) is 17.2. The first-order valence-corrected chi connectivity index (χ1v) is 7.04. The van der Waals surface area contributed by atoms with Gasteiger partial charge in [0, 0.05) is 7.05 Å². The number of carbonyl (C=O) groups is 3. The van der Waals surface area contributed by atoms with Crippen LogP contribution in [0.5, 0.6) is 0 Å². The summed E-state index contributed by atoms with van der Waals surface area (Å²) < 4.78 is 5.52. The predicted molar refractivity (Wildman–Crippen MR) is 77.8 cm³/mol. The number of amides is 2. The summed E-state index contributed by atoms with van der Waals surface area (Å²) in [6.07, 6.45) is 0. The van der Waals surface area contributed by atoms with Crippen molar-refractivity contribution in [2.24, 2.45) is 5.92 Å². The van der Waals surface area contributed by atoms with Crippen molar-refractivity contribution in [3.63, 3.8) is 0 Å². The fourth-order valence-corrected chi connectivity index (χ4v) is 1.94. The average Bonchev–Trinajstić information content (AvgIpc) is 2.80. The SMILES string of the molecule is CC(C)C(NC(=O)CN(C)C(=O)c1ccc(Br)o1)C(=O)O. The molecule has 2 N–H and O–H groups in total. The van der Waals surface area contributed by atoms with E-state index in [1.165, 1.54) is 13.1 Å². The minimum absolute atomic E-state index is 0.0934. The van der Waals surface area contributed by atoms with Gasteiger partial charge in [-0.15, -0.1) is 0 Å². The Labute approximate surface area is 130 Å². The van der Waals surface area contributed by atoms with Crippen molar-refractivity contribution >= 4 is 33.7 Å². The van der Waals surface area contributed by atoms with E-state index in [4.69, 9.17) is 9.52 Å². The molecule has 0 aliphatic carbocycles. The molecule has 0 aromatic carbocycles. The molecule has 0 saturated heterocycles. The number of furan rings is 1. The molecule has 0 saturated carbocycles. The van der Waals surface area contributed by atoms with E-state index in [1.54, 1.807) is 19.9 Å². The van der Waals surface area contributed by atoms with Gasteiger partial charge in [-0.25, -0.2) is 4.79 Å². The zero-order valence-electron chi connectivity index (χ0n) is 11.9. The topological polar surface area (TPSA) is 99.9 Å². The van der Waals surface area contributed by atoms with Crippen molar-refractivity contribution in [2.45, 2.75) is 19.9 Å². The third-order valence-electron chi connectivity index (χ3n) is 2.76. The van der Waals surface area contributed by atoms with Crippen LogP contribution in [-0.4, -0.2) is 47.4 Å². The van der Waals surface area contributed by atoms with Crippen molar-refractivity contribution < 1.29 is 23.9 Å². The zero-order chi connectivity index (χ0) is 16.2. The van der Waals surface area contributed by atoms with E-state index in [9.17, 15) is 14.4 Å². The first-order valence-electron chi connectivity index (χ1n) is 6.25. The summed E-state index contributed by atoms with van der Waals surface area (Å²) >= 11 is 3.08. The van der Waals surface area contributed by atoms with Crippen molar-refractivity contribution in [1.29, 1.82) is 0 Å². The molecule has 0 spiro atoms. The van der Waals surface area contributed by atoms with Gasteiger partial charge < -0.3 is 19.7 Å². The number of aliphatic carboxylic acids is 1. The fraction of sp³-hybridized carbons (Fsp3) is 0.462. The number of rotatable bonds is 6. The Morgan fingerprint density at radius 2 is 2.00 bits per heavy atom. The fourth-order valence-electron chi connectivity index (χ4n) is 1.64. The molecule has 0 radical (unpaired) electrons. The molecule has 116 valence electrons. The number of halogens is 1. The van der Waals surface area contributed by atoms with Gasteiger partial charge in [0.05, 0.1) is 6.54 Å². The summed E-state index contributed by atoms with van der Waals surface area (Å²) in [7, 11) is 1.43. The number of nitrogens with zero attached hydrogens (tertiary/aromatic N) is 1. The van der Waals surface area contributed by atoms with Gasteiger partial charge >= 0.3 is 5.97 Å². The molecule has 0 bridgehead atoms. The number of hydrogen-bond donors (Lipinski definition) is 2. The maximum absolute atomic E-state index is 12.0. The third-order valence-corrected chi connectivity index (χ3v) is 3.19. The van der Waals surface area contributed by atoms with Crippen LogP contribution in [0.25, 0.3) is 0 Å². The standard InChI is InChI=1S/C13H17BrN2O5/c1-7(2)11(13(19)20)15-10(17)6-16(3)12(18)8-4-5-9(14)21-8/h4-5,7,11H,6H2,1-3H3,(H,15,17)(H,19,20). The maximum Gasteiger partial charge on any atom is 0.326 e. The van der Waals surface area contributed by atoms with Crippen molar-refractivity contribution in [3.8, 4) is 0 Å². The van der Waals surface area contributed by atoms with E-state index in [1.807, 2.05) is 0 Å². The minimum atomic E-state index is -1.11. The van der Waals surface area contributed by atoms with Gasteiger partial charge in [-0.1, -0.05) is 13.8 Å². The largest absolute Gasteiger partial charge is 0.480 e. The van der Waals surface area contributed by atoms with Crippen LogP contribution in [0.15, 0.2) is 21.2 Å². The van der Waals surface area contributed by atoms with E-state index in [2.05, 4.69) is 21.2 Å².